The fourth-order valence-electron chi connectivity index (χ4n) is 1.96. The van der Waals surface area contributed by atoms with Crippen LogP contribution >= 0.6 is 50.1 Å². The third-order valence-electron chi connectivity index (χ3n) is 3.16. The van der Waals surface area contributed by atoms with Crippen LogP contribution in [0.15, 0.2) is 46.9 Å². The minimum absolute atomic E-state index is 0.130. The van der Waals surface area contributed by atoms with E-state index in [2.05, 4.69) is 43.8 Å². The fourth-order valence-corrected chi connectivity index (χ4v) is 2.98. The first-order valence-electron chi connectivity index (χ1n) is 6.33. The van der Waals surface area contributed by atoms with E-state index in [1.807, 2.05) is 44.2 Å². The molecule has 0 heterocycles. The molecule has 0 bridgehead atoms. The topological polar surface area (TPSA) is 29.1 Å². The maximum atomic E-state index is 12.5. The standard InChI is InChI=1S/C16H14BrClINO/c1-16(2,10-3-5-11(17)6-4-10)20-15(21)13-9-12(18)7-8-14(13)19/h3-9H,1-2H3,(H,20,21). The molecule has 0 aromatic heterocycles. The molecule has 21 heavy (non-hydrogen) atoms. The summed E-state index contributed by atoms with van der Waals surface area (Å²) in [6.07, 6.45) is 0. The summed E-state index contributed by atoms with van der Waals surface area (Å²) in [4.78, 5) is 12.5. The molecule has 0 fully saturated rings. The molecule has 5 heteroatoms. The van der Waals surface area contributed by atoms with E-state index in [1.54, 1.807) is 12.1 Å². The Kier molecular flexibility index (Phi) is 5.33. The zero-order valence-electron chi connectivity index (χ0n) is 11.6. The highest BCUT2D eigenvalue weighted by Gasteiger charge is 2.24. The van der Waals surface area contributed by atoms with Crippen LogP contribution in [0.1, 0.15) is 29.8 Å². The molecule has 110 valence electrons. The van der Waals surface area contributed by atoms with Crippen LogP contribution < -0.4 is 5.32 Å². The molecule has 0 saturated carbocycles. The van der Waals surface area contributed by atoms with Crippen molar-refractivity contribution in [2.75, 3.05) is 0 Å². The van der Waals surface area contributed by atoms with E-state index < -0.39 is 5.54 Å². The Hall–Kier alpha value is -0.590. The first kappa shape index (κ1) is 16.8. The molecular formula is C16H14BrClINO. The molecule has 0 atom stereocenters. The highest BCUT2D eigenvalue weighted by molar-refractivity contribution is 14.1. The molecule has 2 rings (SSSR count). The zero-order valence-corrected chi connectivity index (χ0v) is 16.1. The molecule has 2 aromatic carbocycles. The van der Waals surface area contributed by atoms with Crippen molar-refractivity contribution in [2.24, 2.45) is 0 Å². The van der Waals surface area contributed by atoms with Crippen LogP contribution in [0.2, 0.25) is 5.02 Å². The van der Waals surface area contributed by atoms with Crippen LogP contribution in [0.3, 0.4) is 0 Å². The first-order chi connectivity index (χ1) is 9.79. The van der Waals surface area contributed by atoms with Gasteiger partial charge in [-0.3, -0.25) is 4.79 Å². The van der Waals surface area contributed by atoms with Gasteiger partial charge in [0.1, 0.15) is 0 Å². The van der Waals surface area contributed by atoms with Gasteiger partial charge in [0, 0.05) is 13.1 Å². The maximum Gasteiger partial charge on any atom is 0.253 e. The third kappa shape index (κ3) is 4.20. The zero-order chi connectivity index (χ0) is 15.6. The fraction of sp³-hybridized carbons (Fsp3) is 0.188. The Balaban J connectivity index is 2.25. The van der Waals surface area contributed by atoms with Gasteiger partial charge in [-0.15, -0.1) is 0 Å². The summed E-state index contributed by atoms with van der Waals surface area (Å²) in [5.41, 5.74) is 1.16. The Labute approximate surface area is 151 Å². The van der Waals surface area contributed by atoms with Crippen LogP contribution in [-0.4, -0.2) is 5.91 Å². The predicted molar refractivity (Wildman–Crippen MR) is 98.8 cm³/mol. The summed E-state index contributed by atoms with van der Waals surface area (Å²) in [5.74, 6) is -0.130. The van der Waals surface area contributed by atoms with Gasteiger partial charge in [-0.1, -0.05) is 39.7 Å². The number of benzene rings is 2. The first-order valence-corrected chi connectivity index (χ1v) is 8.58. The summed E-state index contributed by atoms with van der Waals surface area (Å²) in [6.45, 7) is 3.96. The molecule has 1 amide bonds. The Bertz CT molecular complexity index is 670. The van der Waals surface area contributed by atoms with Crippen molar-refractivity contribution >= 4 is 56.0 Å². The lowest BCUT2D eigenvalue weighted by atomic mass is 9.94. The van der Waals surface area contributed by atoms with Crippen molar-refractivity contribution in [3.05, 3.63) is 66.7 Å². The number of halogens is 3. The largest absolute Gasteiger partial charge is 0.343 e. The number of hydrogen-bond donors (Lipinski definition) is 1. The van der Waals surface area contributed by atoms with Crippen molar-refractivity contribution in [3.8, 4) is 0 Å². The van der Waals surface area contributed by atoms with Crippen LogP contribution in [0, 0.1) is 3.57 Å². The summed E-state index contributed by atoms with van der Waals surface area (Å²) < 4.78 is 1.89. The summed E-state index contributed by atoms with van der Waals surface area (Å²) in [6, 6.07) is 13.2. The van der Waals surface area contributed by atoms with E-state index in [4.69, 9.17) is 11.6 Å². The quantitative estimate of drug-likeness (QED) is 0.591. The van der Waals surface area contributed by atoms with Crippen molar-refractivity contribution in [1.82, 2.24) is 5.32 Å². The van der Waals surface area contributed by atoms with Gasteiger partial charge in [0.15, 0.2) is 0 Å². The van der Waals surface area contributed by atoms with Crippen molar-refractivity contribution in [3.63, 3.8) is 0 Å². The Morgan fingerprint density at radius 1 is 1.19 bits per heavy atom. The van der Waals surface area contributed by atoms with Crippen LogP contribution in [0.5, 0.6) is 0 Å². The highest BCUT2D eigenvalue weighted by Crippen LogP contribution is 2.24. The van der Waals surface area contributed by atoms with Crippen LogP contribution in [-0.2, 0) is 5.54 Å². The van der Waals surface area contributed by atoms with Crippen molar-refractivity contribution in [1.29, 1.82) is 0 Å². The summed E-state index contributed by atoms with van der Waals surface area (Å²) in [7, 11) is 0. The molecule has 1 N–H and O–H groups in total. The van der Waals surface area contributed by atoms with E-state index in [0.29, 0.717) is 10.6 Å². The number of amides is 1. The van der Waals surface area contributed by atoms with E-state index in [-0.39, 0.29) is 5.91 Å². The summed E-state index contributed by atoms with van der Waals surface area (Å²) >= 11 is 11.5. The predicted octanol–water partition coefficient (Wildman–Crippen LogP) is 5.37. The second-order valence-corrected chi connectivity index (χ2v) is 7.72. The van der Waals surface area contributed by atoms with Gasteiger partial charge in [0.25, 0.3) is 5.91 Å². The Morgan fingerprint density at radius 2 is 1.81 bits per heavy atom. The molecule has 2 nitrogen and oxygen atoms in total. The van der Waals surface area contributed by atoms with Gasteiger partial charge in [0.2, 0.25) is 0 Å². The second-order valence-electron chi connectivity index (χ2n) is 5.21. The van der Waals surface area contributed by atoms with Gasteiger partial charge in [-0.25, -0.2) is 0 Å². The maximum absolute atomic E-state index is 12.5. The average Bonchev–Trinajstić information content (AvgIpc) is 2.41. The number of nitrogens with one attached hydrogen (secondary N) is 1. The highest BCUT2D eigenvalue weighted by atomic mass is 127. The number of hydrogen-bond acceptors (Lipinski definition) is 1. The molecule has 0 saturated heterocycles. The lowest BCUT2D eigenvalue weighted by Crippen LogP contribution is -2.41. The van der Waals surface area contributed by atoms with Gasteiger partial charge in [-0.2, -0.15) is 0 Å². The lowest BCUT2D eigenvalue weighted by Gasteiger charge is -2.27. The smallest absolute Gasteiger partial charge is 0.253 e. The van der Waals surface area contributed by atoms with Gasteiger partial charge < -0.3 is 5.32 Å². The van der Waals surface area contributed by atoms with E-state index in [0.717, 1.165) is 13.6 Å². The molecule has 0 aliphatic rings. The molecule has 0 spiro atoms. The molecule has 0 aliphatic carbocycles. The van der Waals surface area contributed by atoms with E-state index >= 15 is 0 Å². The molecule has 0 aliphatic heterocycles. The average molecular weight is 479 g/mol. The molecule has 2 aromatic rings. The van der Waals surface area contributed by atoms with Gasteiger partial charge in [-0.05, 0) is 72.3 Å². The van der Waals surface area contributed by atoms with Crippen LogP contribution in [0.4, 0.5) is 0 Å². The second kappa shape index (κ2) is 6.67. The minimum Gasteiger partial charge on any atom is -0.343 e. The monoisotopic (exact) mass is 477 g/mol. The van der Waals surface area contributed by atoms with Crippen LogP contribution in [0.25, 0.3) is 0 Å². The van der Waals surface area contributed by atoms with Gasteiger partial charge in [0.05, 0.1) is 11.1 Å². The van der Waals surface area contributed by atoms with Crippen molar-refractivity contribution in [2.45, 2.75) is 19.4 Å². The van der Waals surface area contributed by atoms with Gasteiger partial charge >= 0.3 is 0 Å². The number of carbonyl (C=O) groups is 1. The SMILES string of the molecule is CC(C)(NC(=O)c1cc(Cl)ccc1I)c1ccc(Br)cc1. The minimum atomic E-state index is -0.469. The third-order valence-corrected chi connectivity index (χ3v) is 4.87. The Morgan fingerprint density at radius 3 is 2.43 bits per heavy atom. The summed E-state index contributed by atoms with van der Waals surface area (Å²) in [5, 5.41) is 3.62. The number of rotatable bonds is 3. The van der Waals surface area contributed by atoms with Crippen molar-refractivity contribution < 1.29 is 4.79 Å². The normalized spacial score (nSPS) is 11.3. The van der Waals surface area contributed by atoms with E-state index in [9.17, 15) is 4.79 Å². The van der Waals surface area contributed by atoms with E-state index in [1.165, 1.54) is 0 Å². The molecule has 0 radical (unpaired) electrons. The molecular weight excluding hydrogens is 464 g/mol. The lowest BCUT2D eigenvalue weighted by molar-refractivity contribution is 0.0911. The molecule has 0 unspecified atom stereocenters. The number of carbonyl (C=O) groups excluding carboxylic acids is 1.